The molecule has 7 nitrogen and oxygen atoms in total. The van der Waals surface area contributed by atoms with Gasteiger partial charge in [-0.05, 0) is 48.0 Å². The highest BCUT2D eigenvalue weighted by molar-refractivity contribution is 7.99. The molecule has 0 saturated carbocycles. The van der Waals surface area contributed by atoms with E-state index in [1.807, 2.05) is 26.1 Å². The molecule has 25 heavy (non-hydrogen) atoms. The lowest BCUT2D eigenvalue weighted by atomic mass is 10.2. The molecule has 1 heterocycles. The molecule has 0 amide bonds. The zero-order chi connectivity index (χ0) is 17.4. The van der Waals surface area contributed by atoms with Crippen molar-refractivity contribution in [2.45, 2.75) is 25.0 Å². The number of nitrogens with one attached hydrogen (secondary N) is 1. The summed E-state index contributed by atoms with van der Waals surface area (Å²) in [5, 5.41) is 16.1. The average molecular weight is 408 g/mol. The van der Waals surface area contributed by atoms with Crippen molar-refractivity contribution in [3.63, 3.8) is 0 Å². The van der Waals surface area contributed by atoms with Gasteiger partial charge in [0.2, 0.25) is 5.16 Å². The van der Waals surface area contributed by atoms with Crippen LogP contribution in [0.25, 0.3) is 0 Å². The number of hydrogen-bond donors (Lipinski definition) is 1. The van der Waals surface area contributed by atoms with E-state index >= 15 is 0 Å². The molecule has 140 valence electrons. The van der Waals surface area contributed by atoms with Gasteiger partial charge in [-0.2, -0.15) is 0 Å². The van der Waals surface area contributed by atoms with Gasteiger partial charge in [-0.1, -0.05) is 23.4 Å². The van der Waals surface area contributed by atoms with Gasteiger partial charge in [-0.3, -0.25) is 0 Å². The molecule has 0 aliphatic rings. The molecule has 0 aliphatic heterocycles. The molecule has 1 N–H and O–H groups in total. The summed E-state index contributed by atoms with van der Waals surface area (Å²) in [6, 6.07) is 3.86. The van der Waals surface area contributed by atoms with Crippen LogP contribution in [0.1, 0.15) is 18.9 Å². The first-order valence-corrected chi connectivity index (χ1v) is 9.07. The quantitative estimate of drug-likeness (QED) is 0.479. The monoisotopic (exact) mass is 407 g/mol. The number of tetrazole rings is 1. The van der Waals surface area contributed by atoms with Gasteiger partial charge in [0.15, 0.2) is 11.5 Å². The van der Waals surface area contributed by atoms with Crippen molar-refractivity contribution in [2.24, 2.45) is 7.05 Å². The minimum Gasteiger partial charge on any atom is -0.491 e. The molecule has 2 aromatic rings. The fourth-order valence-electron chi connectivity index (χ4n) is 2.12. The Kier molecular flexibility index (Phi) is 9.96. The maximum Gasteiger partial charge on any atom is 0.209 e. The van der Waals surface area contributed by atoms with Crippen LogP contribution in [0, 0.1) is 0 Å². The number of halogens is 2. The van der Waals surface area contributed by atoms with Crippen molar-refractivity contribution in [1.82, 2.24) is 25.5 Å². The van der Waals surface area contributed by atoms with Crippen LogP contribution in [0.2, 0.25) is 5.02 Å². The normalized spacial score (nSPS) is 10.4. The topological polar surface area (TPSA) is 74.1 Å². The molecule has 0 aliphatic carbocycles. The Labute approximate surface area is 163 Å². The van der Waals surface area contributed by atoms with E-state index in [4.69, 9.17) is 21.1 Å². The lowest BCUT2D eigenvalue weighted by molar-refractivity contribution is 0.310. The van der Waals surface area contributed by atoms with E-state index in [0.717, 1.165) is 36.0 Å². The Hall–Kier alpha value is -1.22. The standard InChI is InChI=1S/C15H22ClN5O2S.ClH/c1-4-23-13-9-11(8-12(16)14(13)22-3)10-17-6-5-7-24-15-18-19-20-21(15)2;/h8-9,17H,4-7,10H2,1-3H3;1H. The highest BCUT2D eigenvalue weighted by Crippen LogP contribution is 2.36. The summed E-state index contributed by atoms with van der Waals surface area (Å²) in [5.74, 6) is 2.21. The summed E-state index contributed by atoms with van der Waals surface area (Å²) in [5.41, 5.74) is 1.06. The van der Waals surface area contributed by atoms with Gasteiger partial charge in [0.05, 0.1) is 18.7 Å². The number of rotatable bonds is 10. The van der Waals surface area contributed by atoms with Crippen LogP contribution in [-0.2, 0) is 13.6 Å². The molecule has 0 radical (unpaired) electrons. The van der Waals surface area contributed by atoms with Crippen LogP contribution in [0.3, 0.4) is 0 Å². The Balaban J connectivity index is 0.00000312. The van der Waals surface area contributed by atoms with Gasteiger partial charge in [0.1, 0.15) is 0 Å². The van der Waals surface area contributed by atoms with E-state index in [1.54, 1.807) is 23.6 Å². The van der Waals surface area contributed by atoms with Gasteiger partial charge < -0.3 is 14.8 Å². The number of aryl methyl sites for hydroxylation is 1. The lowest BCUT2D eigenvalue weighted by Gasteiger charge is -2.13. The number of hydrogen-bond acceptors (Lipinski definition) is 7. The Morgan fingerprint density at radius 1 is 1.36 bits per heavy atom. The Morgan fingerprint density at radius 3 is 2.80 bits per heavy atom. The van der Waals surface area contributed by atoms with E-state index < -0.39 is 0 Å². The SMILES string of the molecule is CCOc1cc(CNCCCSc2nnnn2C)cc(Cl)c1OC.Cl. The van der Waals surface area contributed by atoms with Gasteiger partial charge in [-0.15, -0.1) is 17.5 Å². The van der Waals surface area contributed by atoms with Crippen LogP contribution in [0.5, 0.6) is 11.5 Å². The summed E-state index contributed by atoms with van der Waals surface area (Å²) in [6.45, 7) is 4.12. The molecule has 0 unspecified atom stereocenters. The zero-order valence-corrected chi connectivity index (χ0v) is 16.9. The molecular weight excluding hydrogens is 385 g/mol. The second kappa shape index (κ2) is 11.4. The molecule has 0 atom stereocenters. The van der Waals surface area contributed by atoms with Crippen LogP contribution < -0.4 is 14.8 Å². The number of aromatic nitrogens is 4. The predicted octanol–water partition coefficient (Wildman–Crippen LogP) is 2.96. The fraction of sp³-hybridized carbons (Fsp3) is 0.533. The van der Waals surface area contributed by atoms with Crippen LogP contribution in [-0.4, -0.2) is 46.2 Å². The Morgan fingerprint density at radius 2 is 2.16 bits per heavy atom. The Bertz CT molecular complexity index is 657. The van der Waals surface area contributed by atoms with Crippen molar-refractivity contribution in [3.8, 4) is 11.5 Å². The van der Waals surface area contributed by atoms with Crippen molar-refractivity contribution >= 4 is 35.8 Å². The minimum absolute atomic E-state index is 0. The summed E-state index contributed by atoms with van der Waals surface area (Å²) in [7, 11) is 3.43. The largest absolute Gasteiger partial charge is 0.491 e. The first-order chi connectivity index (χ1) is 11.7. The second-order valence-electron chi connectivity index (χ2n) is 5.01. The summed E-state index contributed by atoms with van der Waals surface area (Å²) >= 11 is 7.89. The molecule has 0 fully saturated rings. The summed E-state index contributed by atoms with van der Waals surface area (Å²) in [6.07, 6.45) is 1.01. The number of benzene rings is 1. The summed E-state index contributed by atoms with van der Waals surface area (Å²) < 4.78 is 12.5. The maximum absolute atomic E-state index is 6.25. The smallest absolute Gasteiger partial charge is 0.209 e. The van der Waals surface area contributed by atoms with E-state index in [1.165, 1.54) is 0 Å². The number of methoxy groups -OCH3 is 1. The molecule has 0 saturated heterocycles. The van der Waals surface area contributed by atoms with E-state index in [9.17, 15) is 0 Å². The van der Waals surface area contributed by atoms with Gasteiger partial charge in [0.25, 0.3) is 0 Å². The van der Waals surface area contributed by atoms with Gasteiger partial charge in [-0.25, -0.2) is 4.68 Å². The molecule has 0 spiro atoms. The first kappa shape index (κ1) is 21.8. The van der Waals surface area contributed by atoms with Crippen LogP contribution >= 0.6 is 35.8 Å². The van der Waals surface area contributed by atoms with E-state index in [0.29, 0.717) is 23.1 Å². The summed E-state index contributed by atoms with van der Waals surface area (Å²) in [4.78, 5) is 0. The fourth-order valence-corrected chi connectivity index (χ4v) is 3.22. The van der Waals surface area contributed by atoms with Crippen LogP contribution in [0.4, 0.5) is 0 Å². The number of thioether (sulfide) groups is 1. The average Bonchev–Trinajstić information content (AvgIpc) is 2.96. The minimum atomic E-state index is 0. The molecule has 10 heteroatoms. The second-order valence-corrected chi connectivity index (χ2v) is 6.48. The molecule has 2 rings (SSSR count). The predicted molar refractivity (Wildman–Crippen MR) is 102 cm³/mol. The number of nitrogens with zero attached hydrogens (tertiary/aromatic N) is 4. The number of ether oxygens (including phenoxy) is 2. The highest BCUT2D eigenvalue weighted by atomic mass is 35.5. The maximum atomic E-state index is 6.25. The molecular formula is C15H23Cl2N5O2S. The molecule has 1 aromatic carbocycles. The zero-order valence-electron chi connectivity index (χ0n) is 14.5. The van der Waals surface area contributed by atoms with Gasteiger partial charge >= 0.3 is 0 Å². The first-order valence-electron chi connectivity index (χ1n) is 7.70. The molecule has 1 aromatic heterocycles. The lowest BCUT2D eigenvalue weighted by Crippen LogP contribution is -2.15. The van der Waals surface area contributed by atoms with E-state index in [-0.39, 0.29) is 12.4 Å². The van der Waals surface area contributed by atoms with Crippen molar-refractivity contribution < 1.29 is 9.47 Å². The third kappa shape index (κ3) is 6.54. The van der Waals surface area contributed by atoms with Gasteiger partial charge in [0, 0.05) is 19.3 Å². The van der Waals surface area contributed by atoms with Crippen molar-refractivity contribution in [3.05, 3.63) is 22.7 Å². The van der Waals surface area contributed by atoms with Crippen LogP contribution in [0.15, 0.2) is 17.3 Å². The van der Waals surface area contributed by atoms with Crippen molar-refractivity contribution in [2.75, 3.05) is 26.0 Å². The van der Waals surface area contributed by atoms with Crippen molar-refractivity contribution in [1.29, 1.82) is 0 Å². The molecule has 0 bridgehead atoms. The third-order valence-corrected chi connectivity index (χ3v) is 4.59. The van der Waals surface area contributed by atoms with E-state index in [2.05, 4.69) is 20.8 Å². The highest BCUT2D eigenvalue weighted by Gasteiger charge is 2.11. The third-order valence-electron chi connectivity index (χ3n) is 3.21.